The van der Waals surface area contributed by atoms with Crippen LogP contribution in [0.5, 0.6) is 11.5 Å². The third-order valence-electron chi connectivity index (χ3n) is 4.58. The number of hydrogen-bond acceptors (Lipinski definition) is 2. The van der Waals surface area contributed by atoms with E-state index in [0.29, 0.717) is 0 Å². The van der Waals surface area contributed by atoms with Gasteiger partial charge >= 0.3 is 0 Å². The summed E-state index contributed by atoms with van der Waals surface area (Å²) >= 11 is 0. The van der Waals surface area contributed by atoms with E-state index in [4.69, 9.17) is 9.47 Å². The van der Waals surface area contributed by atoms with Gasteiger partial charge in [0.1, 0.15) is 18.0 Å². The second-order valence-corrected chi connectivity index (χ2v) is 6.15. The van der Waals surface area contributed by atoms with Gasteiger partial charge in [-0.2, -0.15) is 0 Å². The Bertz CT molecular complexity index is 1020. The first-order valence-electron chi connectivity index (χ1n) is 8.56. The highest BCUT2D eigenvalue weighted by atomic mass is 16.5. The smallest absolute Gasteiger partial charge is 0.287 e. The number of para-hydroxylation sites is 2. The first kappa shape index (κ1) is 16.2. The van der Waals surface area contributed by atoms with Crippen LogP contribution in [0, 0.1) is 0 Å². The molecule has 3 aromatic carbocycles. The van der Waals surface area contributed by atoms with E-state index in [2.05, 4.69) is 52.0 Å². The molecule has 0 aliphatic carbocycles. The van der Waals surface area contributed by atoms with Crippen LogP contribution in [-0.4, -0.2) is 19.2 Å². The molecular formula is C22H21N2O2+. The lowest BCUT2D eigenvalue weighted by molar-refractivity contribution is -0.651. The summed E-state index contributed by atoms with van der Waals surface area (Å²) in [4.78, 5) is 3.56. The molecule has 4 heteroatoms. The van der Waals surface area contributed by atoms with Gasteiger partial charge in [0.05, 0.1) is 19.8 Å². The molecule has 4 aromatic rings. The number of rotatable bonds is 5. The zero-order valence-electron chi connectivity index (χ0n) is 14.9. The number of nitrogens with one attached hydrogen (secondary N) is 1. The maximum atomic E-state index is 5.28. The topological polar surface area (TPSA) is 38.1 Å². The molecule has 0 amide bonds. The third-order valence-corrected chi connectivity index (χ3v) is 4.58. The van der Waals surface area contributed by atoms with Crippen LogP contribution in [0.15, 0.2) is 72.8 Å². The molecule has 0 unspecified atom stereocenters. The van der Waals surface area contributed by atoms with E-state index in [-0.39, 0.29) is 0 Å². The lowest BCUT2D eigenvalue weighted by Gasteiger charge is -2.05. The molecule has 1 N–H and O–H groups in total. The van der Waals surface area contributed by atoms with Crippen molar-refractivity contribution in [3.05, 3.63) is 78.4 Å². The van der Waals surface area contributed by atoms with Crippen LogP contribution in [0.1, 0.15) is 5.56 Å². The van der Waals surface area contributed by atoms with Gasteiger partial charge in [0, 0.05) is 0 Å². The first-order chi connectivity index (χ1) is 12.8. The maximum Gasteiger partial charge on any atom is 0.287 e. The second kappa shape index (κ2) is 6.92. The van der Waals surface area contributed by atoms with Crippen molar-refractivity contribution in [2.75, 3.05) is 14.2 Å². The third kappa shape index (κ3) is 3.02. The molecule has 0 fully saturated rings. The highest BCUT2D eigenvalue weighted by Crippen LogP contribution is 2.22. The van der Waals surface area contributed by atoms with Crippen LogP contribution in [0.25, 0.3) is 22.4 Å². The largest absolute Gasteiger partial charge is 0.497 e. The summed E-state index contributed by atoms with van der Waals surface area (Å²) in [7, 11) is 3.37. The Balaban J connectivity index is 1.80. The molecule has 1 aromatic heterocycles. The van der Waals surface area contributed by atoms with Crippen molar-refractivity contribution in [3.8, 4) is 22.9 Å². The Labute approximate surface area is 152 Å². The van der Waals surface area contributed by atoms with Gasteiger partial charge in [-0.3, -0.25) is 0 Å². The Morgan fingerprint density at radius 3 is 2.04 bits per heavy atom. The van der Waals surface area contributed by atoms with Crippen LogP contribution < -0.4 is 14.0 Å². The van der Waals surface area contributed by atoms with E-state index < -0.39 is 0 Å². The van der Waals surface area contributed by atoms with Gasteiger partial charge in [-0.15, -0.1) is 0 Å². The zero-order chi connectivity index (χ0) is 17.9. The summed E-state index contributed by atoms with van der Waals surface area (Å²) in [5.74, 6) is 2.80. The first-order valence-corrected chi connectivity index (χ1v) is 8.56. The van der Waals surface area contributed by atoms with E-state index >= 15 is 0 Å². The molecule has 1 heterocycles. The molecule has 0 radical (unpaired) electrons. The minimum absolute atomic E-state index is 0.773. The van der Waals surface area contributed by atoms with Gasteiger partial charge in [-0.25, -0.2) is 9.55 Å². The molecule has 4 rings (SSSR count). The Kier molecular flexibility index (Phi) is 4.32. The molecule has 0 spiro atoms. The SMILES string of the molecule is COc1ccc(C[n+]2c(-c3ccc(OC)cc3)[nH]c3ccccc32)cc1. The molecule has 4 nitrogen and oxygen atoms in total. The average molecular weight is 345 g/mol. The number of aromatic amines is 1. The van der Waals surface area contributed by atoms with Gasteiger partial charge < -0.3 is 9.47 Å². The number of nitrogens with zero attached hydrogens (tertiary/aromatic N) is 1. The minimum atomic E-state index is 0.773. The van der Waals surface area contributed by atoms with Crippen LogP contribution in [0.2, 0.25) is 0 Å². The fraction of sp³-hybridized carbons (Fsp3) is 0.136. The number of aromatic nitrogens is 2. The van der Waals surface area contributed by atoms with Crippen molar-refractivity contribution in [2.45, 2.75) is 6.54 Å². The van der Waals surface area contributed by atoms with Crippen molar-refractivity contribution in [1.82, 2.24) is 4.98 Å². The van der Waals surface area contributed by atoms with Crippen LogP contribution in [0.4, 0.5) is 0 Å². The predicted molar refractivity (Wildman–Crippen MR) is 103 cm³/mol. The molecule has 130 valence electrons. The van der Waals surface area contributed by atoms with Crippen LogP contribution in [-0.2, 0) is 6.54 Å². The molecule has 0 saturated carbocycles. The van der Waals surface area contributed by atoms with E-state index in [1.807, 2.05) is 30.3 Å². The number of imidazole rings is 1. The van der Waals surface area contributed by atoms with Crippen molar-refractivity contribution in [3.63, 3.8) is 0 Å². The Morgan fingerprint density at radius 1 is 0.769 bits per heavy atom. The summed E-state index contributed by atoms with van der Waals surface area (Å²) in [5, 5.41) is 0. The Hall–Kier alpha value is -3.27. The maximum absolute atomic E-state index is 5.28. The zero-order valence-corrected chi connectivity index (χ0v) is 14.9. The fourth-order valence-corrected chi connectivity index (χ4v) is 3.18. The summed E-state index contributed by atoms with van der Waals surface area (Å²) in [5.41, 5.74) is 4.63. The number of hydrogen-bond donors (Lipinski definition) is 1. The van der Waals surface area contributed by atoms with Gasteiger partial charge in [0.25, 0.3) is 5.82 Å². The normalized spacial score (nSPS) is 10.8. The highest BCUT2D eigenvalue weighted by Gasteiger charge is 2.20. The minimum Gasteiger partial charge on any atom is -0.497 e. The van der Waals surface area contributed by atoms with Gasteiger partial charge in [-0.05, 0) is 54.1 Å². The number of H-pyrrole nitrogens is 1. The fourth-order valence-electron chi connectivity index (χ4n) is 3.18. The van der Waals surface area contributed by atoms with Gasteiger partial charge in [-0.1, -0.05) is 24.3 Å². The number of ether oxygens (including phenoxy) is 2. The summed E-state index contributed by atoms with van der Waals surface area (Å²) in [6, 6.07) is 24.7. The van der Waals surface area contributed by atoms with E-state index in [1.165, 1.54) is 11.1 Å². The standard InChI is InChI=1S/C22H20N2O2/c1-25-18-11-7-16(8-12-18)15-24-21-6-4-3-5-20(21)23-22(24)17-9-13-19(26-2)14-10-17/h3-14H,15H2,1-2H3/p+1. The quantitative estimate of drug-likeness (QED) is 0.551. The van der Waals surface area contributed by atoms with Crippen LogP contribution >= 0.6 is 0 Å². The monoisotopic (exact) mass is 345 g/mol. The van der Waals surface area contributed by atoms with Gasteiger partial charge in [0.15, 0.2) is 11.0 Å². The van der Waals surface area contributed by atoms with Crippen LogP contribution in [0.3, 0.4) is 0 Å². The molecule has 0 bridgehead atoms. The molecule has 0 aliphatic heterocycles. The van der Waals surface area contributed by atoms with Crippen molar-refractivity contribution in [1.29, 1.82) is 0 Å². The average Bonchev–Trinajstić information content (AvgIpc) is 3.07. The van der Waals surface area contributed by atoms with Crippen molar-refractivity contribution < 1.29 is 14.0 Å². The second-order valence-electron chi connectivity index (χ2n) is 6.15. The number of methoxy groups -OCH3 is 2. The molecule has 0 atom stereocenters. The van der Waals surface area contributed by atoms with Gasteiger partial charge in [0.2, 0.25) is 0 Å². The lowest BCUT2D eigenvalue weighted by Crippen LogP contribution is -2.35. The summed E-state index contributed by atoms with van der Waals surface area (Å²) < 4.78 is 12.9. The molecular weight excluding hydrogens is 324 g/mol. The predicted octanol–water partition coefficient (Wildman–Crippen LogP) is 4.19. The number of fused-ring (bicyclic) bond motifs is 1. The van der Waals surface area contributed by atoms with E-state index in [1.54, 1.807) is 14.2 Å². The molecule has 26 heavy (non-hydrogen) atoms. The van der Waals surface area contributed by atoms with Crippen molar-refractivity contribution >= 4 is 11.0 Å². The highest BCUT2D eigenvalue weighted by molar-refractivity contribution is 5.74. The molecule has 0 saturated heterocycles. The summed E-state index contributed by atoms with van der Waals surface area (Å²) in [6.45, 7) is 0.773. The van der Waals surface area contributed by atoms with E-state index in [0.717, 1.165) is 34.9 Å². The molecule has 0 aliphatic rings. The Morgan fingerprint density at radius 2 is 1.38 bits per heavy atom. The lowest BCUT2D eigenvalue weighted by atomic mass is 10.2. The number of benzene rings is 3. The summed E-state index contributed by atoms with van der Waals surface area (Å²) in [6.07, 6.45) is 0. The van der Waals surface area contributed by atoms with Crippen molar-refractivity contribution in [2.24, 2.45) is 0 Å². The van der Waals surface area contributed by atoms with E-state index in [9.17, 15) is 0 Å².